The highest BCUT2D eigenvalue weighted by Gasteiger charge is 2.62. The number of carbonyl (C=O) groups excluding carboxylic acids is 2. The van der Waals surface area contributed by atoms with Crippen LogP contribution in [0.5, 0.6) is 0 Å². The molecule has 0 unspecified atom stereocenters. The minimum absolute atomic E-state index is 0.284. The van der Waals surface area contributed by atoms with E-state index in [1.807, 2.05) is 5.01 Å². The van der Waals surface area contributed by atoms with E-state index in [0.29, 0.717) is 12.2 Å². The summed E-state index contributed by atoms with van der Waals surface area (Å²) in [6.45, 7) is 1.46. The van der Waals surface area contributed by atoms with Crippen molar-refractivity contribution in [1.82, 2.24) is 10.0 Å². The maximum atomic E-state index is 13.4. The van der Waals surface area contributed by atoms with E-state index in [9.17, 15) is 18.4 Å². The number of anilines is 1. The summed E-state index contributed by atoms with van der Waals surface area (Å²) < 4.78 is 26.6. The van der Waals surface area contributed by atoms with Crippen LogP contribution in [0.3, 0.4) is 0 Å². The molecule has 0 spiro atoms. The number of hydrazine groups is 1. The molecule has 0 N–H and O–H groups in total. The standard InChI is InChI=1S/C20H17F2N3O2/c21-13-4-2-12(3-5-13)17-16-18(24-11-1-10-23(17)24)20(27)25(19(16)26)15-8-6-14(22)7-9-15/h2-9,16-18H,1,10-11H2/t16-,17-,18+/m1/s1. The lowest BCUT2D eigenvalue weighted by atomic mass is 9.90. The van der Waals surface area contributed by atoms with E-state index < -0.39 is 17.8 Å². The molecule has 2 aromatic carbocycles. The van der Waals surface area contributed by atoms with Gasteiger partial charge in [0.05, 0.1) is 17.6 Å². The predicted molar refractivity (Wildman–Crippen MR) is 93.3 cm³/mol. The molecular weight excluding hydrogens is 352 g/mol. The Labute approximate surface area is 154 Å². The lowest BCUT2D eigenvalue weighted by Gasteiger charge is -2.29. The van der Waals surface area contributed by atoms with Gasteiger partial charge in [-0.15, -0.1) is 0 Å². The van der Waals surface area contributed by atoms with Gasteiger partial charge in [0.25, 0.3) is 5.91 Å². The molecule has 3 aliphatic heterocycles. The summed E-state index contributed by atoms with van der Waals surface area (Å²) in [6.07, 6.45) is 0.902. The molecule has 3 aliphatic rings. The Morgan fingerprint density at radius 3 is 1.93 bits per heavy atom. The molecule has 0 aliphatic carbocycles. The molecule has 0 radical (unpaired) electrons. The molecule has 7 heteroatoms. The molecule has 5 nitrogen and oxygen atoms in total. The second-order valence-corrected chi connectivity index (χ2v) is 7.14. The molecule has 3 saturated heterocycles. The van der Waals surface area contributed by atoms with Crippen molar-refractivity contribution < 1.29 is 18.4 Å². The zero-order chi connectivity index (χ0) is 18.7. The van der Waals surface area contributed by atoms with Gasteiger partial charge in [-0.3, -0.25) is 9.59 Å². The Morgan fingerprint density at radius 2 is 1.30 bits per heavy atom. The van der Waals surface area contributed by atoms with Crippen LogP contribution in [0.15, 0.2) is 48.5 Å². The molecule has 2 aromatic rings. The lowest BCUT2D eigenvalue weighted by molar-refractivity contribution is -0.126. The Kier molecular flexibility index (Phi) is 3.63. The summed E-state index contributed by atoms with van der Waals surface area (Å²) in [6, 6.07) is 10.6. The number of nitrogens with zero attached hydrogens (tertiary/aromatic N) is 3. The van der Waals surface area contributed by atoms with Gasteiger partial charge in [0.1, 0.15) is 17.7 Å². The first kappa shape index (κ1) is 16.5. The highest BCUT2D eigenvalue weighted by molar-refractivity contribution is 6.24. The van der Waals surface area contributed by atoms with E-state index in [4.69, 9.17) is 0 Å². The molecule has 0 bridgehead atoms. The van der Waals surface area contributed by atoms with Crippen LogP contribution in [0.25, 0.3) is 0 Å². The van der Waals surface area contributed by atoms with Crippen LogP contribution in [-0.2, 0) is 9.59 Å². The van der Waals surface area contributed by atoms with Crippen LogP contribution >= 0.6 is 0 Å². The maximum absolute atomic E-state index is 13.4. The van der Waals surface area contributed by atoms with Gasteiger partial charge in [-0.25, -0.2) is 23.7 Å². The molecule has 5 rings (SSSR count). The average Bonchev–Trinajstić information content (AvgIpc) is 3.30. The Hall–Kier alpha value is -2.64. The maximum Gasteiger partial charge on any atom is 0.253 e. The van der Waals surface area contributed by atoms with Crippen molar-refractivity contribution >= 4 is 17.5 Å². The van der Waals surface area contributed by atoms with Crippen LogP contribution in [0.1, 0.15) is 18.0 Å². The molecule has 138 valence electrons. The predicted octanol–water partition coefficient (Wildman–Crippen LogP) is 2.50. The van der Waals surface area contributed by atoms with Gasteiger partial charge in [0.15, 0.2) is 0 Å². The SMILES string of the molecule is O=C1[C@H]2[C@@H](C(=O)N1c1ccc(F)cc1)N1CCCN1[C@@H]2c1ccc(F)cc1. The first-order valence-corrected chi connectivity index (χ1v) is 8.98. The summed E-state index contributed by atoms with van der Waals surface area (Å²) in [5.41, 5.74) is 1.20. The minimum Gasteiger partial charge on any atom is -0.274 e. The monoisotopic (exact) mass is 369 g/mol. The smallest absolute Gasteiger partial charge is 0.253 e. The van der Waals surface area contributed by atoms with Gasteiger partial charge in [0, 0.05) is 13.1 Å². The van der Waals surface area contributed by atoms with Gasteiger partial charge in [-0.1, -0.05) is 12.1 Å². The Morgan fingerprint density at radius 1 is 0.741 bits per heavy atom. The van der Waals surface area contributed by atoms with Crippen molar-refractivity contribution in [2.45, 2.75) is 18.5 Å². The average molecular weight is 369 g/mol. The number of halogens is 2. The van der Waals surface area contributed by atoms with E-state index in [1.165, 1.54) is 41.3 Å². The van der Waals surface area contributed by atoms with Crippen LogP contribution in [0, 0.1) is 17.6 Å². The van der Waals surface area contributed by atoms with E-state index in [0.717, 1.165) is 18.5 Å². The Balaban J connectivity index is 1.57. The van der Waals surface area contributed by atoms with Crippen molar-refractivity contribution in [1.29, 1.82) is 0 Å². The second kappa shape index (κ2) is 5.94. The van der Waals surface area contributed by atoms with E-state index in [1.54, 1.807) is 12.1 Å². The fourth-order valence-corrected chi connectivity index (χ4v) is 4.62. The van der Waals surface area contributed by atoms with Crippen LogP contribution in [0.2, 0.25) is 0 Å². The molecule has 2 amide bonds. The number of rotatable bonds is 2. The van der Waals surface area contributed by atoms with Gasteiger partial charge in [-0.2, -0.15) is 0 Å². The number of imide groups is 1. The van der Waals surface area contributed by atoms with Crippen molar-refractivity contribution in [3.8, 4) is 0 Å². The number of amides is 2. The summed E-state index contributed by atoms with van der Waals surface area (Å²) >= 11 is 0. The summed E-state index contributed by atoms with van der Waals surface area (Å²) in [4.78, 5) is 27.6. The molecule has 3 heterocycles. The highest BCUT2D eigenvalue weighted by atomic mass is 19.1. The molecule has 3 atom stereocenters. The van der Waals surface area contributed by atoms with Crippen molar-refractivity contribution in [3.63, 3.8) is 0 Å². The summed E-state index contributed by atoms with van der Waals surface area (Å²) in [5.74, 6) is -1.90. The van der Waals surface area contributed by atoms with Crippen molar-refractivity contribution in [2.24, 2.45) is 5.92 Å². The summed E-state index contributed by atoms with van der Waals surface area (Å²) in [5, 5.41) is 4.04. The number of hydrogen-bond donors (Lipinski definition) is 0. The van der Waals surface area contributed by atoms with E-state index >= 15 is 0 Å². The van der Waals surface area contributed by atoms with Crippen LogP contribution < -0.4 is 4.90 Å². The van der Waals surface area contributed by atoms with Gasteiger partial charge in [0.2, 0.25) is 5.91 Å². The topological polar surface area (TPSA) is 43.9 Å². The zero-order valence-corrected chi connectivity index (χ0v) is 14.4. The third kappa shape index (κ3) is 2.35. The third-order valence-corrected chi connectivity index (χ3v) is 5.70. The largest absolute Gasteiger partial charge is 0.274 e. The van der Waals surface area contributed by atoms with Crippen molar-refractivity contribution in [2.75, 3.05) is 18.0 Å². The number of hydrogen-bond acceptors (Lipinski definition) is 4. The normalized spacial score (nSPS) is 28.1. The zero-order valence-electron chi connectivity index (χ0n) is 14.4. The fourth-order valence-electron chi connectivity index (χ4n) is 4.62. The lowest BCUT2D eigenvalue weighted by Crippen LogP contribution is -2.44. The molecule has 27 heavy (non-hydrogen) atoms. The van der Waals surface area contributed by atoms with E-state index in [-0.39, 0.29) is 23.7 Å². The second-order valence-electron chi connectivity index (χ2n) is 7.14. The fraction of sp³-hybridized carbons (Fsp3) is 0.300. The van der Waals surface area contributed by atoms with E-state index in [2.05, 4.69) is 5.01 Å². The molecular formula is C20H17F2N3O2. The Bertz CT molecular complexity index is 916. The number of carbonyl (C=O) groups is 2. The third-order valence-electron chi connectivity index (χ3n) is 5.70. The molecule has 3 fully saturated rings. The minimum atomic E-state index is -0.569. The van der Waals surface area contributed by atoms with Gasteiger partial charge in [-0.05, 0) is 48.4 Å². The van der Waals surface area contributed by atoms with Gasteiger partial charge >= 0.3 is 0 Å². The molecule has 0 aromatic heterocycles. The number of benzene rings is 2. The first-order valence-electron chi connectivity index (χ1n) is 8.98. The van der Waals surface area contributed by atoms with Gasteiger partial charge < -0.3 is 0 Å². The molecule has 0 saturated carbocycles. The number of fused-ring (bicyclic) bond motifs is 3. The quantitative estimate of drug-likeness (QED) is 0.763. The highest BCUT2D eigenvalue weighted by Crippen LogP contribution is 2.48. The van der Waals surface area contributed by atoms with Crippen molar-refractivity contribution in [3.05, 3.63) is 65.7 Å². The van der Waals surface area contributed by atoms with Crippen LogP contribution in [-0.4, -0.2) is 41.0 Å². The van der Waals surface area contributed by atoms with Crippen LogP contribution in [0.4, 0.5) is 14.5 Å². The first-order chi connectivity index (χ1) is 13.1. The summed E-state index contributed by atoms with van der Waals surface area (Å²) in [7, 11) is 0.